The standard InChI is InChI=1S/C6H15BO3/c1-3-5-6-10-7(8)9-4-2/h8H,3-6H2,1-2H3. The lowest BCUT2D eigenvalue weighted by Crippen LogP contribution is -2.22. The van der Waals surface area contributed by atoms with Gasteiger partial charge in [-0.15, -0.1) is 0 Å². The van der Waals surface area contributed by atoms with Gasteiger partial charge < -0.3 is 14.3 Å². The Bertz CT molecular complexity index is 70.0. The van der Waals surface area contributed by atoms with Crippen molar-refractivity contribution in [3.63, 3.8) is 0 Å². The molecule has 60 valence electrons. The first-order chi connectivity index (χ1) is 4.81. The van der Waals surface area contributed by atoms with Crippen LogP contribution in [0, 0.1) is 0 Å². The number of hydrogen-bond acceptors (Lipinski definition) is 3. The fourth-order valence-electron chi connectivity index (χ4n) is 0.519. The molecule has 4 heteroatoms. The highest BCUT2D eigenvalue weighted by Crippen LogP contribution is 1.90. The van der Waals surface area contributed by atoms with Crippen LogP contribution in [0.15, 0.2) is 0 Å². The number of unbranched alkanes of at least 4 members (excludes halogenated alkanes) is 1. The van der Waals surface area contributed by atoms with Crippen molar-refractivity contribution in [2.45, 2.75) is 26.7 Å². The predicted molar refractivity (Wildman–Crippen MR) is 40.5 cm³/mol. The maximum absolute atomic E-state index is 8.83. The second-order valence-electron chi connectivity index (χ2n) is 1.99. The molecule has 0 spiro atoms. The minimum absolute atomic E-state index is 0.479. The van der Waals surface area contributed by atoms with Crippen molar-refractivity contribution in [3.05, 3.63) is 0 Å². The molecule has 0 rings (SSSR count). The summed E-state index contributed by atoms with van der Waals surface area (Å²) in [6.07, 6.45) is 2.03. The first-order valence-electron chi connectivity index (χ1n) is 3.72. The molecule has 0 aliphatic rings. The molecular formula is C6H15BO3. The second kappa shape index (κ2) is 7.06. The second-order valence-corrected chi connectivity index (χ2v) is 1.99. The zero-order chi connectivity index (χ0) is 7.82. The molecule has 0 radical (unpaired) electrons. The zero-order valence-corrected chi connectivity index (χ0v) is 6.67. The Morgan fingerprint density at radius 2 is 2.00 bits per heavy atom. The fraction of sp³-hybridized carbons (Fsp3) is 1.00. The van der Waals surface area contributed by atoms with Gasteiger partial charge in [-0.05, 0) is 13.3 Å². The Morgan fingerprint density at radius 1 is 1.30 bits per heavy atom. The van der Waals surface area contributed by atoms with Crippen LogP contribution in [0.2, 0.25) is 0 Å². The highest BCUT2D eigenvalue weighted by molar-refractivity contribution is 6.34. The van der Waals surface area contributed by atoms with Crippen LogP contribution in [0.1, 0.15) is 26.7 Å². The molecule has 0 saturated heterocycles. The minimum atomic E-state index is -1.03. The van der Waals surface area contributed by atoms with Crippen LogP contribution in [0.4, 0.5) is 0 Å². The van der Waals surface area contributed by atoms with E-state index < -0.39 is 7.32 Å². The van der Waals surface area contributed by atoms with Crippen LogP contribution in [-0.4, -0.2) is 25.6 Å². The topological polar surface area (TPSA) is 38.7 Å². The van der Waals surface area contributed by atoms with Crippen LogP contribution >= 0.6 is 0 Å². The molecule has 3 nitrogen and oxygen atoms in total. The van der Waals surface area contributed by atoms with E-state index in [0.717, 1.165) is 12.8 Å². The third-order valence-corrected chi connectivity index (χ3v) is 1.07. The van der Waals surface area contributed by atoms with Crippen molar-refractivity contribution >= 4 is 7.32 Å². The van der Waals surface area contributed by atoms with E-state index in [-0.39, 0.29) is 0 Å². The summed E-state index contributed by atoms with van der Waals surface area (Å²) >= 11 is 0. The summed E-state index contributed by atoms with van der Waals surface area (Å²) in [6, 6.07) is 0. The van der Waals surface area contributed by atoms with Gasteiger partial charge in [0.15, 0.2) is 0 Å². The average molecular weight is 146 g/mol. The van der Waals surface area contributed by atoms with E-state index in [4.69, 9.17) is 14.3 Å². The third kappa shape index (κ3) is 6.07. The average Bonchev–Trinajstić information content (AvgIpc) is 1.89. The van der Waals surface area contributed by atoms with Gasteiger partial charge in [0.2, 0.25) is 0 Å². The van der Waals surface area contributed by atoms with Gasteiger partial charge in [-0.1, -0.05) is 13.3 Å². The molecule has 0 heterocycles. The van der Waals surface area contributed by atoms with E-state index in [9.17, 15) is 0 Å². The van der Waals surface area contributed by atoms with Gasteiger partial charge in [-0.3, -0.25) is 0 Å². The molecule has 0 aliphatic heterocycles. The molecule has 0 aromatic heterocycles. The minimum Gasteiger partial charge on any atom is -0.402 e. The van der Waals surface area contributed by atoms with Crippen LogP contribution in [0.25, 0.3) is 0 Å². The lowest BCUT2D eigenvalue weighted by atomic mass is 10.2. The Balaban J connectivity index is 2.97. The van der Waals surface area contributed by atoms with Crippen molar-refractivity contribution < 1.29 is 14.3 Å². The molecule has 0 aliphatic carbocycles. The van der Waals surface area contributed by atoms with Crippen molar-refractivity contribution in [1.29, 1.82) is 0 Å². The van der Waals surface area contributed by atoms with Crippen LogP contribution in [-0.2, 0) is 9.31 Å². The van der Waals surface area contributed by atoms with Gasteiger partial charge in [0.1, 0.15) is 0 Å². The Morgan fingerprint density at radius 3 is 2.50 bits per heavy atom. The van der Waals surface area contributed by atoms with Crippen molar-refractivity contribution in [2.75, 3.05) is 13.2 Å². The largest absolute Gasteiger partial charge is 0.636 e. The van der Waals surface area contributed by atoms with E-state index in [1.165, 1.54) is 0 Å². The van der Waals surface area contributed by atoms with E-state index in [2.05, 4.69) is 6.92 Å². The van der Waals surface area contributed by atoms with Gasteiger partial charge in [0.25, 0.3) is 0 Å². The van der Waals surface area contributed by atoms with Crippen LogP contribution < -0.4 is 0 Å². The predicted octanol–water partition coefficient (Wildman–Crippen LogP) is 0.817. The highest BCUT2D eigenvalue weighted by Gasteiger charge is 2.12. The summed E-state index contributed by atoms with van der Waals surface area (Å²) in [5.74, 6) is 0. The van der Waals surface area contributed by atoms with E-state index in [0.29, 0.717) is 13.2 Å². The molecule has 10 heavy (non-hydrogen) atoms. The molecule has 0 fully saturated rings. The summed E-state index contributed by atoms with van der Waals surface area (Å²) in [4.78, 5) is 0. The smallest absolute Gasteiger partial charge is 0.402 e. The molecular weight excluding hydrogens is 131 g/mol. The van der Waals surface area contributed by atoms with Gasteiger partial charge in [0.05, 0.1) is 0 Å². The van der Waals surface area contributed by atoms with Gasteiger partial charge in [-0.2, -0.15) is 0 Å². The molecule has 0 amide bonds. The first kappa shape index (κ1) is 9.94. The molecule has 0 saturated carbocycles. The van der Waals surface area contributed by atoms with Gasteiger partial charge >= 0.3 is 7.32 Å². The highest BCUT2D eigenvalue weighted by atomic mass is 16.7. The SMILES string of the molecule is CCCCOB(O)OCC. The Kier molecular flexibility index (Phi) is 7.02. The molecule has 1 N–H and O–H groups in total. The Hall–Kier alpha value is -0.0551. The molecule has 0 aromatic rings. The Labute approximate surface area is 62.5 Å². The molecule has 0 aromatic carbocycles. The molecule has 0 bridgehead atoms. The normalized spacial score (nSPS) is 9.90. The first-order valence-corrected chi connectivity index (χ1v) is 3.72. The summed E-state index contributed by atoms with van der Waals surface area (Å²) in [6.45, 7) is 4.92. The van der Waals surface area contributed by atoms with Gasteiger partial charge in [-0.25, -0.2) is 0 Å². The monoisotopic (exact) mass is 146 g/mol. The maximum Gasteiger partial charge on any atom is 0.636 e. The molecule has 0 atom stereocenters. The lowest BCUT2D eigenvalue weighted by Gasteiger charge is -2.04. The number of hydrogen-bond donors (Lipinski definition) is 1. The fourth-order valence-corrected chi connectivity index (χ4v) is 0.519. The summed E-state index contributed by atoms with van der Waals surface area (Å²) in [5.41, 5.74) is 0. The number of rotatable bonds is 6. The van der Waals surface area contributed by atoms with E-state index in [1.807, 2.05) is 6.92 Å². The quantitative estimate of drug-likeness (QED) is 0.445. The summed E-state index contributed by atoms with van der Waals surface area (Å²) in [7, 11) is -1.03. The lowest BCUT2D eigenvalue weighted by molar-refractivity contribution is 0.137. The van der Waals surface area contributed by atoms with Crippen LogP contribution in [0.5, 0.6) is 0 Å². The summed E-state index contributed by atoms with van der Waals surface area (Å²) in [5, 5.41) is 8.83. The summed E-state index contributed by atoms with van der Waals surface area (Å²) < 4.78 is 9.58. The van der Waals surface area contributed by atoms with Crippen molar-refractivity contribution in [1.82, 2.24) is 0 Å². The maximum atomic E-state index is 8.83. The van der Waals surface area contributed by atoms with E-state index in [1.54, 1.807) is 0 Å². The van der Waals surface area contributed by atoms with Crippen molar-refractivity contribution in [2.24, 2.45) is 0 Å². The zero-order valence-electron chi connectivity index (χ0n) is 6.67. The third-order valence-electron chi connectivity index (χ3n) is 1.07. The van der Waals surface area contributed by atoms with Crippen LogP contribution in [0.3, 0.4) is 0 Å². The van der Waals surface area contributed by atoms with Crippen molar-refractivity contribution in [3.8, 4) is 0 Å². The molecule has 0 unspecified atom stereocenters. The van der Waals surface area contributed by atoms with E-state index >= 15 is 0 Å². The van der Waals surface area contributed by atoms with Gasteiger partial charge in [0, 0.05) is 13.2 Å².